The van der Waals surface area contributed by atoms with Crippen LogP contribution >= 0.6 is 11.6 Å². The Hall–Kier alpha value is -1.81. The summed E-state index contributed by atoms with van der Waals surface area (Å²) in [5.74, 6) is -2.13. The maximum atomic E-state index is 13.6. The summed E-state index contributed by atoms with van der Waals surface area (Å²) in [5, 5.41) is -0.153. The van der Waals surface area contributed by atoms with Crippen LogP contribution in [0.3, 0.4) is 0 Å². The number of pyridine rings is 1. The van der Waals surface area contributed by atoms with Gasteiger partial charge in [0, 0.05) is 11.8 Å². The zero-order chi connectivity index (χ0) is 12.4. The van der Waals surface area contributed by atoms with E-state index in [4.69, 9.17) is 11.6 Å². The minimum Gasteiger partial charge on any atom is -0.288 e. The van der Waals surface area contributed by atoms with Gasteiger partial charge in [0.05, 0.1) is 16.8 Å². The quantitative estimate of drug-likeness (QED) is 0.769. The van der Waals surface area contributed by atoms with Crippen molar-refractivity contribution in [3.63, 3.8) is 0 Å². The average Bonchev–Trinajstić information content (AvgIpc) is 2.32. The van der Waals surface area contributed by atoms with Gasteiger partial charge in [-0.25, -0.2) is 8.78 Å². The Bertz CT molecular complexity index is 586. The average molecular weight is 254 g/mol. The van der Waals surface area contributed by atoms with E-state index in [2.05, 4.69) is 4.98 Å². The number of halogens is 3. The molecule has 0 unspecified atom stereocenters. The Balaban J connectivity index is 2.48. The molecule has 0 spiro atoms. The molecule has 0 bridgehead atoms. The molecular formula is C12H6ClF2NO. The first kappa shape index (κ1) is 11.7. The molecule has 1 aromatic heterocycles. The molecule has 86 valence electrons. The number of nitrogens with zero attached hydrogens (tertiary/aromatic N) is 1. The third kappa shape index (κ3) is 2.31. The molecule has 0 fully saturated rings. The van der Waals surface area contributed by atoms with E-state index >= 15 is 0 Å². The molecule has 5 heteroatoms. The van der Waals surface area contributed by atoms with Gasteiger partial charge in [-0.1, -0.05) is 17.7 Å². The van der Waals surface area contributed by atoms with Crippen molar-refractivity contribution in [2.75, 3.05) is 0 Å². The van der Waals surface area contributed by atoms with Gasteiger partial charge in [-0.15, -0.1) is 0 Å². The van der Waals surface area contributed by atoms with Gasteiger partial charge in [-0.3, -0.25) is 9.78 Å². The van der Waals surface area contributed by atoms with E-state index in [-0.39, 0.29) is 16.1 Å². The van der Waals surface area contributed by atoms with E-state index in [1.807, 2.05) is 0 Å². The van der Waals surface area contributed by atoms with E-state index in [0.29, 0.717) is 0 Å². The highest BCUT2D eigenvalue weighted by molar-refractivity contribution is 6.31. The van der Waals surface area contributed by atoms with E-state index < -0.39 is 17.4 Å². The van der Waals surface area contributed by atoms with E-state index in [1.165, 1.54) is 24.4 Å². The van der Waals surface area contributed by atoms with Gasteiger partial charge in [0.25, 0.3) is 0 Å². The van der Waals surface area contributed by atoms with Crippen molar-refractivity contribution >= 4 is 17.4 Å². The van der Waals surface area contributed by atoms with Gasteiger partial charge in [-0.05, 0) is 18.2 Å². The van der Waals surface area contributed by atoms with Crippen LogP contribution < -0.4 is 0 Å². The molecule has 0 saturated heterocycles. The highest BCUT2D eigenvalue weighted by Crippen LogP contribution is 2.20. The van der Waals surface area contributed by atoms with E-state index in [1.54, 1.807) is 0 Å². The number of aromatic nitrogens is 1. The van der Waals surface area contributed by atoms with Crippen LogP contribution in [-0.4, -0.2) is 10.8 Å². The smallest absolute Gasteiger partial charge is 0.197 e. The molecule has 1 heterocycles. The van der Waals surface area contributed by atoms with E-state index in [0.717, 1.165) is 12.3 Å². The van der Waals surface area contributed by atoms with Crippen LogP contribution in [0.15, 0.2) is 36.7 Å². The van der Waals surface area contributed by atoms with Gasteiger partial charge >= 0.3 is 0 Å². The molecule has 0 atom stereocenters. The van der Waals surface area contributed by atoms with Crippen molar-refractivity contribution in [2.45, 2.75) is 0 Å². The molecule has 0 amide bonds. The lowest BCUT2D eigenvalue weighted by Crippen LogP contribution is -2.05. The Morgan fingerprint density at radius 2 is 2.00 bits per heavy atom. The zero-order valence-corrected chi connectivity index (χ0v) is 9.21. The second kappa shape index (κ2) is 4.59. The largest absolute Gasteiger partial charge is 0.288 e. The highest BCUT2D eigenvalue weighted by Gasteiger charge is 2.16. The first-order valence-electron chi connectivity index (χ1n) is 4.69. The summed E-state index contributed by atoms with van der Waals surface area (Å²) >= 11 is 5.56. The maximum absolute atomic E-state index is 13.6. The molecule has 2 nitrogen and oxygen atoms in total. The van der Waals surface area contributed by atoms with Crippen molar-refractivity contribution in [3.05, 3.63) is 64.4 Å². The number of hydrogen-bond donors (Lipinski definition) is 0. The van der Waals surface area contributed by atoms with Crippen LogP contribution in [0.25, 0.3) is 0 Å². The SMILES string of the molecule is O=C(c1cncc(F)c1)c1cccc(Cl)c1F. The third-order valence-electron chi connectivity index (χ3n) is 2.16. The third-order valence-corrected chi connectivity index (χ3v) is 2.46. The van der Waals surface area contributed by atoms with Crippen LogP contribution in [0.1, 0.15) is 15.9 Å². The van der Waals surface area contributed by atoms with Crippen molar-refractivity contribution < 1.29 is 13.6 Å². The van der Waals surface area contributed by atoms with Gasteiger partial charge in [0.15, 0.2) is 11.6 Å². The lowest BCUT2D eigenvalue weighted by atomic mass is 10.0. The Morgan fingerprint density at radius 3 is 2.71 bits per heavy atom. The second-order valence-corrected chi connectivity index (χ2v) is 3.73. The molecular weight excluding hydrogens is 248 g/mol. The number of carbonyl (C=O) groups is 1. The fourth-order valence-corrected chi connectivity index (χ4v) is 1.55. The topological polar surface area (TPSA) is 30.0 Å². The number of benzene rings is 1. The molecule has 0 aliphatic heterocycles. The van der Waals surface area contributed by atoms with Gasteiger partial charge < -0.3 is 0 Å². The number of carbonyl (C=O) groups excluding carboxylic acids is 1. The molecule has 1 aromatic carbocycles. The van der Waals surface area contributed by atoms with Crippen LogP contribution in [0.2, 0.25) is 5.02 Å². The molecule has 0 aliphatic carbocycles. The molecule has 17 heavy (non-hydrogen) atoms. The predicted octanol–water partition coefficient (Wildman–Crippen LogP) is 3.24. The fraction of sp³-hybridized carbons (Fsp3) is 0. The maximum Gasteiger partial charge on any atom is 0.197 e. The monoisotopic (exact) mass is 253 g/mol. The van der Waals surface area contributed by atoms with Crippen LogP contribution in [0.4, 0.5) is 8.78 Å². The Morgan fingerprint density at radius 1 is 1.24 bits per heavy atom. The summed E-state index contributed by atoms with van der Waals surface area (Å²) in [7, 11) is 0. The van der Waals surface area contributed by atoms with E-state index in [9.17, 15) is 13.6 Å². The number of hydrogen-bond acceptors (Lipinski definition) is 2. The summed E-state index contributed by atoms with van der Waals surface area (Å²) in [6, 6.07) is 5.06. The molecule has 2 aromatic rings. The first-order chi connectivity index (χ1) is 8.09. The van der Waals surface area contributed by atoms with Crippen LogP contribution in [0.5, 0.6) is 0 Å². The molecule has 0 aliphatic rings. The van der Waals surface area contributed by atoms with Gasteiger partial charge in [-0.2, -0.15) is 0 Å². The summed E-state index contributed by atoms with van der Waals surface area (Å²) in [6.07, 6.45) is 2.14. The predicted molar refractivity (Wildman–Crippen MR) is 59.0 cm³/mol. The minimum absolute atomic E-state index is 0.0221. The normalized spacial score (nSPS) is 10.3. The van der Waals surface area contributed by atoms with Crippen molar-refractivity contribution in [3.8, 4) is 0 Å². The summed E-state index contributed by atoms with van der Waals surface area (Å²) in [4.78, 5) is 15.4. The lowest BCUT2D eigenvalue weighted by Gasteiger charge is -2.03. The lowest BCUT2D eigenvalue weighted by molar-refractivity contribution is 0.103. The summed E-state index contributed by atoms with van der Waals surface area (Å²) < 4.78 is 26.5. The second-order valence-electron chi connectivity index (χ2n) is 3.32. The van der Waals surface area contributed by atoms with Crippen molar-refractivity contribution in [2.24, 2.45) is 0 Å². The minimum atomic E-state index is -0.816. The van der Waals surface area contributed by atoms with Gasteiger partial charge in [0.2, 0.25) is 0 Å². The van der Waals surface area contributed by atoms with Crippen LogP contribution in [-0.2, 0) is 0 Å². The highest BCUT2D eigenvalue weighted by atomic mass is 35.5. The van der Waals surface area contributed by atoms with Gasteiger partial charge in [0.1, 0.15) is 5.82 Å². The molecule has 2 rings (SSSR count). The van der Waals surface area contributed by atoms with Crippen LogP contribution in [0, 0.1) is 11.6 Å². The standard InChI is InChI=1S/C12H6ClF2NO/c13-10-3-1-2-9(11(10)15)12(17)7-4-8(14)6-16-5-7/h1-6H. The fourth-order valence-electron chi connectivity index (χ4n) is 1.37. The molecule has 0 N–H and O–H groups in total. The first-order valence-corrected chi connectivity index (χ1v) is 5.06. The summed E-state index contributed by atoms with van der Waals surface area (Å²) in [6.45, 7) is 0. The zero-order valence-electron chi connectivity index (χ0n) is 8.45. The summed E-state index contributed by atoms with van der Waals surface area (Å²) in [5.41, 5.74) is -0.226. The Kier molecular flexibility index (Phi) is 3.15. The number of ketones is 1. The Labute approximate surface area is 101 Å². The molecule has 0 radical (unpaired) electrons. The number of rotatable bonds is 2. The van der Waals surface area contributed by atoms with Crippen molar-refractivity contribution in [1.29, 1.82) is 0 Å². The molecule has 0 saturated carbocycles. The van der Waals surface area contributed by atoms with Crippen molar-refractivity contribution in [1.82, 2.24) is 4.98 Å².